The van der Waals surface area contributed by atoms with Gasteiger partial charge in [-0.1, -0.05) is 36.0 Å². The zero-order chi connectivity index (χ0) is 23.1. The van der Waals surface area contributed by atoms with Gasteiger partial charge in [0.05, 0.1) is 34.4 Å². The van der Waals surface area contributed by atoms with Crippen LogP contribution in [-0.4, -0.2) is 27.4 Å². The van der Waals surface area contributed by atoms with Crippen LogP contribution in [0.15, 0.2) is 87.8 Å². The van der Waals surface area contributed by atoms with Crippen molar-refractivity contribution in [1.82, 2.24) is 9.97 Å². The number of fused-ring (bicyclic) bond motifs is 2. The Morgan fingerprint density at radius 1 is 1.09 bits per heavy atom. The van der Waals surface area contributed by atoms with E-state index in [0.717, 1.165) is 40.9 Å². The van der Waals surface area contributed by atoms with Gasteiger partial charge in [-0.3, -0.25) is 14.5 Å². The van der Waals surface area contributed by atoms with Crippen LogP contribution in [-0.2, 0) is 9.59 Å². The molecule has 8 heteroatoms. The van der Waals surface area contributed by atoms with Crippen LogP contribution in [0.3, 0.4) is 0 Å². The third kappa shape index (κ3) is 3.60. The molecule has 4 aromatic rings. The molecule has 1 aliphatic heterocycles. The molecule has 0 unspecified atom stereocenters. The summed E-state index contributed by atoms with van der Waals surface area (Å²) in [7, 11) is 0. The molecule has 0 saturated carbocycles. The van der Waals surface area contributed by atoms with Crippen molar-refractivity contribution in [2.75, 3.05) is 16.0 Å². The largest absolute Gasteiger partial charge is 0.467 e. The highest BCUT2D eigenvalue weighted by Crippen LogP contribution is 2.45. The maximum atomic E-state index is 13.8. The first-order valence-electron chi connectivity index (χ1n) is 11.2. The molecule has 2 aliphatic rings. The lowest BCUT2D eigenvalue weighted by Crippen LogP contribution is -2.38. The van der Waals surface area contributed by atoms with E-state index in [9.17, 15) is 9.59 Å². The van der Waals surface area contributed by atoms with Crippen molar-refractivity contribution >= 4 is 45.9 Å². The van der Waals surface area contributed by atoms with E-state index in [1.165, 1.54) is 11.8 Å². The Labute approximate surface area is 200 Å². The first-order chi connectivity index (χ1) is 16.7. The average molecular weight is 471 g/mol. The molecule has 2 aromatic carbocycles. The lowest BCUT2D eigenvalue weighted by molar-refractivity contribution is -0.117. The number of amides is 1. The van der Waals surface area contributed by atoms with Gasteiger partial charge in [0.15, 0.2) is 10.9 Å². The highest BCUT2D eigenvalue weighted by atomic mass is 32.2. The minimum atomic E-state index is -0.627. The minimum Gasteiger partial charge on any atom is -0.467 e. The number of hydrogen-bond acceptors (Lipinski definition) is 6. The smallest absolute Gasteiger partial charge is 0.238 e. The monoisotopic (exact) mass is 470 g/mol. The third-order valence-electron chi connectivity index (χ3n) is 6.22. The summed E-state index contributed by atoms with van der Waals surface area (Å²) in [6.45, 7) is 0. The molecular weight excluding hydrogens is 448 g/mol. The Morgan fingerprint density at radius 3 is 2.79 bits per heavy atom. The average Bonchev–Trinajstić information content (AvgIpc) is 3.49. The fraction of sp³-hybridized carbons (Fsp3) is 0.192. The van der Waals surface area contributed by atoms with Gasteiger partial charge >= 0.3 is 0 Å². The van der Waals surface area contributed by atoms with Crippen molar-refractivity contribution in [1.29, 1.82) is 0 Å². The normalized spacial score (nSPS) is 17.8. The molecule has 7 nitrogen and oxygen atoms in total. The maximum absolute atomic E-state index is 13.8. The molecule has 0 saturated heterocycles. The maximum Gasteiger partial charge on any atom is 0.238 e. The number of Topliss-reactive ketones (excluding diaryl/α,β-unsaturated/α-hetero) is 1. The summed E-state index contributed by atoms with van der Waals surface area (Å²) in [5.74, 6) is 0.643. The summed E-state index contributed by atoms with van der Waals surface area (Å²) >= 11 is 1.35. The summed E-state index contributed by atoms with van der Waals surface area (Å²) in [6, 6.07) is 18.4. The number of imidazole rings is 1. The Balaban J connectivity index is 1.41. The van der Waals surface area contributed by atoms with Crippen LogP contribution in [0.25, 0.3) is 11.0 Å². The topological polar surface area (TPSA) is 91.2 Å². The second kappa shape index (κ2) is 8.53. The highest BCUT2D eigenvalue weighted by molar-refractivity contribution is 7.99. The zero-order valence-electron chi connectivity index (χ0n) is 18.3. The number of allylic oxidation sites excluding steroid dienone is 1. The second-order valence-corrected chi connectivity index (χ2v) is 9.30. The number of carbonyl (C=O) groups excluding carboxylic acids is 2. The first-order valence-corrected chi connectivity index (χ1v) is 12.2. The van der Waals surface area contributed by atoms with Crippen LogP contribution in [0.4, 0.5) is 11.4 Å². The number of para-hydroxylation sites is 4. The summed E-state index contributed by atoms with van der Waals surface area (Å²) in [6.07, 6.45) is 3.58. The van der Waals surface area contributed by atoms with Crippen molar-refractivity contribution < 1.29 is 14.0 Å². The van der Waals surface area contributed by atoms with E-state index >= 15 is 0 Å². The standard InChI is InChI=1S/C26H22N4O3S/c31-21-12-5-10-19-24(21)25(22-13-6-14-33-22)30(20-11-4-3-9-18(20)27-19)23(32)15-34-26-28-16-7-1-2-8-17(16)29-26/h1-4,6-9,11,13-14,25,27H,5,10,12,15H2,(H,28,29)/t25-/m0/s1. The van der Waals surface area contributed by atoms with Gasteiger partial charge in [0, 0.05) is 17.7 Å². The van der Waals surface area contributed by atoms with Gasteiger partial charge in [0.2, 0.25) is 5.91 Å². The lowest BCUT2D eigenvalue weighted by atomic mass is 9.88. The number of nitrogens with one attached hydrogen (secondary N) is 2. The van der Waals surface area contributed by atoms with E-state index in [1.807, 2.05) is 54.6 Å². The Bertz CT molecular complexity index is 1390. The van der Waals surface area contributed by atoms with Gasteiger partial charge in [0.1, 0.15) is 11.8 Å². The predicted octanol–water partition coefficient (Wildman–Crippen LogP) is 5.46. The third-order valence-corrected chi connectivity index (χ3v) is 7.08. The number of H-pyrrole nitrogens is 1. The number of anilines is 2. The molecule has 3 heterocycles. The lowest BCUT2D eigenvalue weighted by Gasteiger charge is -2.32. The molecule has 0 bridgehead atoms. The predicted molar refractivity (Wildman–Crippen MR) is 132 cm³/mol. The molecule has 1 aliphatic carbocycles. The number of carbonyl (C=O) groups is 2. The Kier molecular flexibility index (Phi) is 5.22. The van der Waals surface area contributed by atoms with Crippen molar-refractivity contribution in [3.05, 3.63) is 84.0 Å². The van der Waals surface area contributed by atoms with E-state index in [4.69, 9.17) is 4.42 Å². The van der Waals surface area contributed by atoms with Crippen LogP contribution in [0.1, 0.15) is 31.1 Å². The summed E-state index contributed by atoms with van der Waals surface area (Å²) in [5, 5.41) is 4.14. The van der Waals surface area contributed by atoms with Crippen molar-refractivity contribution in [2.24, 2.45) is 0 Å². The molecule has 1 amide bonds. The molecule has 0 spiro atoms. The van der Waals surface area contributed by atoms with Crippen molar-refractivity contribution in [3.8, 4) is 0 Å². The number of furan rings is 1. The molecule has 0 radical (unpaired) electrons. The second-order valence-electron chi connectivity index (χ2n) is 8.34. The number of ketones is 1. The van der Waals surface area contributed by atoms with Crippen LogP contribution in [0.2, 0.25) is 0 Å². The van der Waals surface area contributed by atoms with Gasteiger partial charge in [0.25, 0.3) is 0 Å². The van der Waals surface area contributed by atoms with Crippen molar-refractivity contribution in [3.63, 3.8) is 0 Å². The molecule has 2 aromatic heterocycles. The summed E-state index contributed by atoms with van der Waals surface area (Å²) < 4.78 is 5.79. The minimum absolute atomic E-state index is 0.0469. The zero-order valence-corrected chi connectivity index (χ0v) is 19.1. The van der Waals surface area contributed by atoms with Crippen LogP contribution >= 0.6 is 11.8 Å². The number of rotatable bonds is 4. The van der Waals surface area contributed by atoms with Gasteiger partial charge in [-0.15, -0.1) is 0 Å². The summed E-state index contributed by atoms with van der Waals surface area (Å²) in [5.41, 5.74) is 4.79. The molecule has 2 N–H and O–H groups in total. The van der Waals surface area contributed by atoms with E-state index in [0.29, 0.717) is 22.9 Å². The van der Waals surface area contributed by atoms with Crippen LogP contribution in [0, 0.1) is 0 Å². The number of hydrogen-bond donors (Lipinski definition) is 2. The molecule has 0 fully saturated rings. The number of nitrogens with zero attached hydrogens (tertiary/aromatic N) is 2. The molecule has 1 atom stereocenters. The fourth-order valence-electron chi connectivity index (χ4n) is 4.72. The molecular formula is C26H22N4O3S. The Hall–Kier alpha value is -3.78. The number of aromatic amines is 1. The molecule has 6 rings (SSSR count). The highest BCUT2D eigenvalue weighted by Gasteiger charge is 2.40. The van der Waals surface area contributed by atoms with Crippen molar-refractivity contribution in [2.45, 2.75) is 30.5 Å². The van der Waals surface area contributed by atoms with E-state index in [1.54, 1.807) is 17.2 Å². The van der Waals surface area contributed by atoms with Gasteiger partial charge in [-0.25, -0.2) is 4.98 Å². The van der Waals surface area contributed by atoms with Gasteiger partial charge in [-0.05, 0) is 49.2 Å². The SMILES string of the molecule is O=C1CCCC2=C1[C@H](c1ccco1)N(C(=O)CSc1nc3ccccc3[nH]1)c1ccccc1N2. The molecule has 34 heavy (non-hydrogen) atoms. The fourth-order valence-corrected chi connectivity index (χ4v) is 5.47. The van der Waals surface area contributed by atoms with E-state index < -0.39 is 6.04 Å². The summed E-state index contributed by atoms with van der Waals surface area (Å²) in [4.78, 5) is 36.6. The quantitative estimate of drug-likeness (QED) is 0.385. The Morgan fingerprint density at radius 2 is 1.94 bits per heavy atom. The number of thioether (sulfide) groups is 1. The van der Waals surface area contributed by atoms with Crippen LogP contribution in [0.5, 0.6) is 0 Å². The van der Waals surface area contributed by atoms with Gasteiger partial charge in [-0.2, -0.15) is 0 Å². The number of benzene rings is 2. The van der Waals surface area contributed by atoms with E-state index in [-0.39, 0.29) is 17.4 Å². The molecule has 170 valence electrons. The van der Waals surface area contributed by atoms with Gasteiger partial charge < -0.3 is 14.7 Å². The van der Waals surface area contributed by atoms with E-state index in [2.05, 4.69) is 15.3 Å². The first kappa shape index (κ1) is 20.8. The number of aromatic nitrogens is 2. The van der Waals surface area contributed by atoms with Crippen LogP contribution < -0.4 is 10.2 Å².